The number of benzene rings is 1. The van der Waals surface area contributed by atoms with Crippen LogP contribution in [0.5, 0.6) is 0 Å². The van der Waals surface area contributed by atoms with Gasteiger partial charge in [-0.3, -0.25) is 9.79 Å². The van der Waals surface area contributed by atoms with Gasteiger partial charge in [0.2, 0.25) is 5.69 Å². The molecule has 5 heterocycles. The Morgan fingerprint density at radius 1 is 1.32 bits per heavy atom. The number of nitrogens with zero attached hydrogens (tertiary/aromatic N) is 4. The Hall–Kier alpha value is -3.14. The van der Waals surface area contributed by atoms with Crippen molar-refractivity contribution >= 4 is 46.4 Å². The van der Waals surface area contributed by atoms with Crippen LogP contribution >= 0.6 is 0 Å². The molecular weight excluding hydrogens is 468 g/mol. The highest BCUT2D eigenvalue weighted by molar-refractivity contribution is 6.18. The van der Waals surface area contributed by atoms with Crippen molar-refractivity contribution in [2.45, 2.75) is 50.7 Å². The second-order valence-corrected chi connectivity index (χ2v) is 11.5. The molecule has 8 heteroatoms. The van der Waals surface area contributed by atoms with E-state index in [1.54, 1.807) is 21.2 Å². The molecule has 0 unspecified atom stereocenters. The lowest BCUT2D eigenvalue weighted by Crippen LogP contribution is -2.75. The summed E-state index contributed by atoms with van der Waals surface area (Å²) >= 11 is 0. The van der Waals surface area contributed by atoms with Gasteiger partial charge >= 0.3 is 0 Å². The third-order valence-corrected chi connectivity index (χ3v) is 9.15. The Balaban J connectivity index is 1.72. The monoisotopic (exact) mass is 497 g/mol. The molecule has 188 valence electrons. The van der Waals surface area contributed by atoms with E-state index in [2.05, 4.69) is 39.9 Å². The van der Waals surface area contributed by atoms with E-state index in [-0.39, 0.29) is 16.5 Å². The van der Waals surface area contributed by atoms with E-state index in [4.69, 9.17) is 9.47 Å². The number of methoxy groups -OCH3 is 1. The van der Waals surface area contributed by atoms with Gasteiger partial charge < -0.3 is 19.2 Å². The number of aliphatic imine (C=N–C) groups is 1. The van der Waals surface area contributed by atoms with E-state index < -0.39 is 16.6 Å². The molecule has 8 nitrogen and oxygen atoms in total. The van der Waals surface area contributed by atoms with Crippen LogP contribution in [0.4, 0.5) is 5.69 Å². The van der Waals surface area contributed by atoms with E-state index in [1.165, 1.54) is 0 Å². The fraction of sp³-hybridized carbons (Fsp3) is 0.379. The van der Waals surface area contributed by atoms with Crippen molar-refractivity contribution in [2.75, 3.05) is 21.2 Å². The molecule has 0 spiro atoms. The zero-order valence-electron chi connectivity index (χ0n) is 21.4. The number of quaternary nitrogens is 2. The van der Waals surface area contributed by atoms with Gasteiger partial charge in [-0.1, -0.05) is 22.8 Å². The number of hydrogen-bond acceptors (Lipinski definition) is 5. The highest BCUT2D eigenvalue weighted by Gasteiger charge is 2.69. The summed E-state index contributed by atoms with van der Waals surface area (Å²) in [6.07, 6.45) is 15.3. The number of hydroxylamine groups is 2. The Labute approximate surface area is 214 Å². The summed E-state index contributed by atoms with van der Waals surface area (Å²) in [6, 6.07) is 0. The van der Waals surface area contributed by atoms with E-state index in [1.807, 2.05) is 19.3 Å². The van der Waals surface area contributed by atoms with Crippen LogP contribution in [0.25, 0.3) is 28.8 Å². The normalized spacial score (nSPS) is 33.2. The van der Waals surface area contributed by atoms with Gasteiger partial charge in [0, 0.05) is 54.0 Å². The van der Waals surface area contributed by atoms with Crippen LogP contribution in [0.1, 0.15) is 47.7 Å². The summed E-state index contributed by atoms with van der Waals surface area (Å²) in [5, 5.41) is 17.6. The molecule has 0 radical (unpaired) electrons. The molecule has 1 aromatic heterocycles. The number of allylic oxidation sites excluding steroid dienone is 3. The van der Waals surface area contributed by atoms with Crippen LogP contribution in [0, 0.1) is 5.21 Å². The quantitative estimate of drug-likeness (QED) is 0.363. The maximum atomic E-state index is 14.8. The molecule has 37 heavy (non-hydrogen) atoms. The summed E-state index contributed by atoms with van der Waals surface area (Å²) in [5.74, 6) is 0.148. The number of Topliss-reactive ketones (excluding diaryl/α,β-unsaturated/α-hetero) is 1. The van der Waals surface area contributed by atoms with Gasteiger partial charge in [-0.05, 0) is 25.5 Å². The zero-order chi connectivity index (χ0) is 25.5. The van der Waals surface area contributed by atoms with Crippen molar-refractivity contribution in [3.63, 3.8) is 0 Å². The molecule has 2 aromatic rings. The standard InChI is InChI=1S/C29H29N4O4/c1-29-11-6-12-31-20-7-5-8-22(34)25(20)24-19-15-30-14-18(19)23-17-10-9-16(37-29)13-21(17)33(28(29)36-4,32(2,3)35)27(23)26(24)31/h6-7,9-11,14-16,28H,5,8,12-13H2,1-4H3/q+1/b11-6-/t16-,28+,29-,33+/m0/s1. The average molecular weight is 498 g/mol. The second-order valence-electron chi connectivity index (χ2n) is 11.5. The van der Waals surface area contributed by atoms with Crippen molar-refractivity contribution in [3.05, 3.63) is 62.5 Å². The lowest BCUT2D eigenvalue weighted by atomic mass is 9.90. The number of fused-ring (bicyclic) bond motifs is 9. The minimum absolute atomic E-state index is 0.0719. The van der Waals surface area contributed by atoms with E-state index in [9.17, 15) is 10.0 Å². The van der Waals surface area contributed by atoms with Gasteiger partial charge in [0.05, 0.1) is 29.2 Å². The fourth-order valence-corrected chi connectivity index (χ4v) is 8.00. The smallest absolute Gasteiger partial charge is 0.279 e. The van der Waals surface area contributed by atoms with Crippen LogP contribution < -0.4 is 15.2 Å². The number of ketones is 1. The number of carbonyl (C=O) groups excluding carboxylic acids is 1. The molecule has 0 saturated carbocycles. The maximum Gasteiger partial charge on any atom is 0.279 e. The number of aromatic nitrogens is 1. The average Bonchev–Trinajstić information content (AvgIpc) is 3.50. The van der Waals surface area contributed by atoms with E-state index in [0.29, 0.717) is 25.8 Å². The molecule has 0 N–H and O–H groups in total. The first-order chi connectivity index (χ1) is 17.7. The molecule has 1 aromatic carbocycles. The predicted octanol–water partition coefficient (Wildman–Crippen LogP) is 2.75. The summed E-state index contributed by atoms with van der Waals surface area (Å²) in [4.78, 5) is 18.1. The minimum atomic E-state index is -0.877. The molecule has 8 rings (SSSR count). The molecule has 6 aliphatic rings. The lowest BCUT2D eigenvalue weighted by Gasteiger charge is -2.54. The number of ether oxygens (including phenoxy) is 2. The Bertz CT molecular complexity index is 1730. The maximum absolute atomic E-state index is 14.8. The topological polar surface area (TPSA) is 75.9 Å². The van der Waals surface area contributed by atoms with Gasteiger partial charge in [-0.15, -0.1) is 0 Å². The second kappa shape index (κ2) is 6.64. The van der Waals surface area contributed by atoms with Gasteiger partial charge in [0.1, 0.15) is 19.6 Å². The molecule has 4 atom stereocenters. The summed E-state index contributed by atoms with van der Waals surface area (Å²) in [7, 11) is 5.09. The minimum Gasteiger partial charge on any atom is -0.582 e. The first-order valence-electron chi connectivity index (χ1n) is 13.0. The third-order valence-electron chi connectivity index (χ3n) is 9.15. The van der Waals surface area contributed by atoms with Crippen molar-refractivity contribution in [3.8, 4) is 0 Å². The summed E-state index contributed by atoms with van der Waals surface area (Å²) in [5.41, 5.74) is 5.78. The predicted molar refractivity (Wildman–Crippen MR) is 142 cm³/mol. The first-order valence-corrected chi connectivity index (χ1v) is 13.0. The molecule has 4 bridgehead atoms. The van der Waals surface area contributed by atoms with E-state index in [0.717, 1.165) is 55.1 Å². The molecular formula is C29H29N4O4+. The van der Waals surface area contributed by atoms with Crippen molar-refractivity contribution in [2.24, 2.45) is 4.99 Å². The molecule has 1 saturated heterocycles. The van der Waals surface area contributed by atoms with E-state index >= 15 is 0 Å². The van der Waals surface area contributed by atoms with Crippen molar-refractivity contribution in [1.82, 2.24) is 9.16 Å². The zero-order valence-corrected chi connectivity index (χ0v) is 21.4. The van der Waals surface area contributed by atoms with Gasteiger partial charge in [-0.25, -0.2) is 0 Å². The molecule has 2 aliphatic carbocycles. The van der Waals surface area contributed by atoms with Crippen LogP contribution in [-0.4, -0.2) is 60.5 Å². The Morgan fingerprint density at radius 3 is 2.95 bits per heavy atom. The van der Waals surface area contributed by atoms with Gasteiger partial charge in [-0.2, -0.15) is 4.76 Å². The lowest BCUT2D eigenvalue weighted by molar-refractivity contribution is -0.951. The SMILES string of the molecule is CO[C@@H]1[C@]2(C)/C=C\Cn3c4c(c5c6c(c7c(c53)[N@+]1([N+](C)(C)[O-])C1=C7C=C[C@@H](C1)O2)C=NC=6)C(=O)CCC=4. The van der Waals surface area contributed by atoms with Crippen LogP contribution in [-0.2, 0) is 16.0 Å². The highest BCUT2D eigenvalue weighted by atomic mass is 16.6. The molecule has 1 fully saturated rings. The number of carbonyl (C=O) groups is 1. The van der Waals surface area contributed by atoms with Crippen LogP contribution in [0.2, 0.25) is 0 Å². The van der Waals surface area contributed by atoms with Gasteiger partial charge in [0.25, 0.3) is 6.23 Å². The van der Waals surface area contributed by atoms with Crippen LogP contribution in [0.3, 0.4) is 0 Å². The van der Waals surface area contributed by atoms with Crippen LogP contribution in [0.15, 0.2) is 35.0 Å². The summed E-state index contributed by atoms with van der Waals surface area (Å²) in [6.45, 7) is 2.60. The Kier molecular flexibility index (Phi) is 3.93. The molecule has 0 amide bonds. The van der Waals surface area contributed by atoms with Crippen molar-refractivity contribution < 1.29 is 19.0 Å². The number of hydrogen-bond donors (Lipinski definition) is 0. The van der Waals surface area contributed by atoms with Gasteiger partial charge in [0.15, 0.2) is 17.1 Å². The first kappa shape index (κ1) is 21.9. The fourth-order valence-electron chi connectivity index (χ4n) is 8.00. The van der Waals surface area contributed by atoms with Crippen molar-refractivity contribution in [1.29, 1.82) is 0 Å². The molecule has 4 aliphatic heterocycles. The Morgan fingerprint density at radius 2 is 2.16 bits per heavy atom. The third kappa shape index (κ3) is 2.29. The largest absolute Gasteiger partial charge is 0.582 e. The number of rotatable bonds is 2. The summed E-state index contributed by atoms with van der Waals surface area (Å²) < 4.78 is 14.6. The highest BCUT2D eigenvalue weighted by Crippen LogP contribution is 2.60.